The van der Waals surface area contributed by atoms with Crippen molar-refractivity contribution in [3.63, 3.8) is 0 Å². The van der Waals surface area contributed by atoms with Crippen molar-refractivity contribution in [1.82, 2.24) is 4.98 Å². The lowest BCUT2D eigenvalue weighted by Gasteiger charge is -2.00. The topological polar surface area (TPSA) is 70.9 Å². The molecule has 0 radical (unpaired) electrons. The molecule has 0 bridgehead atoms. The number of methoxy groups -OCH3 is 1. The van der Waals surface area contributed by atoms with Crippen LogP contribution in [0.4, 0.5) is 0 Å². The molecule has 0 aliphatic carbocycles. The van der Waals surface area contributed by atoms with Gasteiger partial charge in [0.05, 0.1) is 13.7 Å². The van der Waals surface area contributed by atoms with Gasteiger partial charge in [0.1, 0.15) is 0 Å². The Kier molecular flexibility index (Phi) is 4.02. The fourth-order valence-electron chi connectivity index (χ4n) is 0.974. The fraction of sp³-hybridized carbons (Fsp3) is 0.300. The number of aromatic nitrogens is 1. The molecule has 15 heavy (non-hydrogen) atoms. The lowest BCUT2D eigenvalue weighted by atomic mass is 10.2. The van der Waals surface area contributed by atoms with Crippen LogP contribution in [0.1, 0.15) is 11.1 Å². The summed E-state index contributed by atoms with van der Waals surface area (Å²) in [5.74, 6) is 6.16. The molecular formula is C10H10N4O. The Morgan fingerprint density at radius 1 is 1.67 bits per heavy atom. The van der Waals surface area contributed by atoms with Gasteiger partial charge in [-0.3, -0.25) is 0 Å². The molecule has 5 heteroatoms. The molecule has 0 saturated carbocycles. The maximum Gasteiger partial charge on any atom is 0.213 e. The molecule has 0 spiro atoms. The Morgan fingerprint density at radius 3 is 3.07 bits per heavy atom. The molecule has 5 nitrogen and oxygen atoms in total. The van der Waals surface area contributed by atoms with Crippen molar-refractivity contribution >= 4 is 0 Å². The van der Waals surface area contributed by atoms with Crippen LogP contribution < -0.4 is 4.74 Å². The largest absolute Gasteiger partial charge is 0.481 e. The van der Waals surface area contributed by atoms with Crippen LogP contribution in [-0.4, -0.2) is 18.6 Å². The van der Waals surface area contributed by atoms with Gasteiger partial charge in [-0.2, -0.15) is 0 Å². The van der Waals surface area contributed by atoms with Crippen molar-refractivity contribution in [2.75, 3.05) is 13.7 Å². The molecule has 0 atom stereocenters. The van der Waals surface area contributed by atoms with Gasteiger partial charge in [-0.25, -0.2) is 4.98 Å². The van der Waals surface area contributed by atoms with Gasteiger partial charge in [0.25, 0.3) is 0 Å². The molecule has 0 aliphatic heterocycles. The van der Waals surface area contributed by atoms with Crippen LogP contribution in [0, 0.1) is 18.8 Å². The van der Waals surface area contributed by atoms with Gasteiger partial charge in [0, 0.05) is 22.7 Å². The SMILES string of the molecule is COc1cc(C)c(C#CCN=[N+]=[N-])cn1. The predicted molar refractivity (Wildman–Crippen MR) is 56.4 cm³/mol. The number of hydrogen-bond donors (Lipinski definition) is 0. The molecule has 0 saturated heterocycles. The first-order valence-corrected chi connectivity index (χ1v) is 4.28. The number of ether oxygens (including phenoxy) is 1. The van der Waals surface area contributed by atoms with Gasteiger partial charge in [-0.1, -0.05) is 17.0 Å². The van der Waals surface area contributed by atoms with Crippen molar-refractivity contribution in [3.8, 4) is 17.7 Å². The molecular weight excluding hydrogens is 192 g/mol. The smallest absolute Gasteiger partial charge is 0.213 e. The van der Waals surface area contributed by atoms with Gasteiger partial charge in [-0.05, 0) is 18.0 Å². The van der Waals surface area contributed by atoms with Crippen LogP contribution in [0.25, 0.3) is 10.4 Å². The summed E-state index contributed by atoms with van der Waals surface area (Å²) in [5.41, 5.74) is 9.84. The highest BCUT2D eigenvalue weighted by Crippen LogP contribution is 2.11. The highest BCUT2D eigenvalue weighted by Gasteiger charge is 1.97. The Labute approximate surface area is 87.7 Å². The monoisotopic (exact) mass is 202 g/mol. The highest BCUT2D eigenvalue weighted by atomic mass is 16.5. The summed E-state index contributed by atoms with van der Waals surface area (Å²) in [6.07, 6.45) is 1.64. The lowest BCUT2D eigenvalue weighted by Crippen LogP contribution is -1.90. The average molecular weight is 202 g/mol. The second-order valence-corrected chi connectivity index (χ2v) is 2.73. The van der Waals surface area contributed by atoms with Gasteiger partial charge in [0.2, 0.25) is 5.88 Å². The van der Waals surface area contributed by atoms with E-state index < -0.39 is 0 Å². The van der Waals surface area contributed by atoms with E-state index in [4.69, 9.17) is 10.3 Å². The van der Waals surface area contributed by atoms with Crippen molar-refractivity contribution in [1.29, 1.82) is 0 Å². The lowest BCUT2D eigenvalue weighted by molar-refractivity contribution is 0.397. The fourth-order valence-corrected chi connectivity index (χ4v) is 0.974. The second-order valence-electron chi connectivity index (χ2n) is 2.73. The number of pyridine rings is 1. The summed E-state index contributed by atoms with van der Waals surface area (Å²) in [6.45, 7) is 2.09. The zero-order valence-corrected chi connectivity index (χ0v) is 8.56. The molecule has 0 fully saturated rings. The van der Waals surface area contributed by atoms with Crippen LogP contribution in [0.3, 0.4) is 0 Å². The third-order valence-corrected chi connectivity index (χ3v) is 1.73. The summed E-state index contributed by atoms with van der Waals surface area (Å²) in [4.78, 5) is 6.63. The minimum absolute atomic E-state index is 0.169. The Balaban J connectivity index is 2.85. The maximum absolute atomic E-state index is 8.05. The minimum atomic E-state index is 0.169. The van der Waals surface area contributed by atoms with Crippen LogP contribution in [0.5, 0.6) is 5.88 Å². The van der Waals surface area contributed by atoms with Crippen molar-refractivity contribution in [3.05, 3.63) is 33.8 Å². The number of rotatable bonds is 2. The van der Waals surface area contributed by atoms with Gasteiger partial charge in [0.15, 0.2) is 0 Å². The number of aryl methyl sites for hydroxylation is 1. The first kappa shape index (κ1) is 10.9. The Hall–Kier alpha value is -2.18. The molecule has 0 aliphatic rings. The summed E-state index contributed by atoms with van der Waals surface area (Å²) in [7, 11) is 1.56. The van der Waals surface area contributed by atoms with Crippen LogP contribution >= 0.6 is 0 Å². The van der Waals surface area contributed by atoms with Gasteiger partial charge < -0.3 is 4.74 Å². The molecule has 1 heterocycles. The highest BCUT2D eigenvalue weighted by molar-refractivity contribution is 5.40. The van der Waals surface area contributed by atoms with Crippen LogP contribution in [-0.2, 0) is 0 Å². The predicted octanol–water partition coefficient (Wildman–Crippen LogP) is 2.06. The van der Waals surface area contributed by atoms with E-state index in [0.29, 0.717) is 5.88 Å². The van der Waals surface area contributed by atoms with Crippen LogP contribution in [0.2, 0.25) is 0 Å². The Bertz CT molecular complexity index is 452. The van der Waals surface area contributed by atoms with Crippen molar-refractivity contribution < 1.29 is 4.74 Å². The van der Waals surface area contributed by atoms with E-state index in [1.165, 1.54) is 0 Å². The van der Waals surface area contributed by atoms with E-state index in [1.54, 1.807) is 19.4 Å². The summed E-state index contributed by atoms with van der Waals surface area (Å²) >= 11 is 0. The standard InChI is InChI=1S/C10H10N4O/c1-8-6-10(15-2)12-7-9(8)4-3-5-13-14-11/h6-7H,5H2,1-2H3. The average Bonchev–Trinajstić information content (AvgIpc) is 2.26. The molecule has 0 amide bonds. The number of azide groups is 1. The van der Waals surface area contributed by atoms with E-state index in [0.717, 1.165) is 11.1 Å². The summed E-state index contributed by atoms with van der Waals surface area (Å²) in [5, 5.41) is 3.31. The quantitative estimate of drug-likeness (QED) is 0.318. The molecule has 1 rings (SSSR count). The number of nitrogens with zero attached hydrogens (tertiary/aromatic N) is 4. The summed E-state index contributed by atoms with van der Waals surface area (Å²) < 4.78 is 4.97. The maximum atomic E-state index is 8.05. The number of hydrogen-bond acceptors (Lipinski definition) is 3. The third-order valence-electron chi connectivity index (χ3n) is 1.73. The molecule has 76 valence electrons. The van der Waals surface area contributed by atoms with Crippen LogP contribution in [0.15, 0.2) is 17.4 Å². The summed E-state index contributed by atoms with van der Waals surface area (Å²) in [6, 6.07) is 1.80. The Morgan fingerprint density at radius 2 is 2.47 bits per heavy atom. The van der Waals surface area contributed by atoms with E-state index in [2.05, 4.69) is 26.9 Å². The molecule has 1 aromatic heterocycles. The molecule has 0 N–H and O–H groups in total. The van der Waals surface area contributed by atoms with E-state index in [1.807, 2.05) is 6.92 Å². The molecule has 0 unspecified atom stereocenters. The molecule has 1 aromatic rings. The molecule has 0 aromatic carbocycles. The first-order chi connectivity index (χ1) is 7.27. The van der Waals surface area contributed by atoms with E-state index in [-0.39, 0.29) is 6.54 Å². The minimum Gasteiger partial charge on any atom is -0.481 e. The zero-order chi connectivity index (χ0) is 11.1. The zero-order valence-electron chi connectivity index (χ0n) is 8.56. The normalized spacial score (nSPS) is 8.40. The van der Waals surface area contributed by atoms with E-state index in [9.17, 15) is 0 Å². The van der Waals surface area contributed by atoms with Crippen molar-refractivity contribution in [2.24, 2.45) is 5.11 Å². The second kappa shape index (κ2) is 5.53. The third kappa shape index (κ3) is 3.22. The van der Waals surface area contributed by atoms with Crippen molar-refractivity contribution in [2.45, 2.75) is 6.92 Å². The van der Waals surface area contributed by atoms with Gasteiger partial charge >= 0.3 is 0 Å². The van der Waals surface area contributed by atoms with E-state index >= 15 is 0 Å². The van der Waals surface area contributed by atoms with Gasteiger partial charge in [-0.15, -0.1) is 0 Å². The first-order valence-electron chi connectivity index (χ1n) is 4.28.